The summed E-state index contributed by atoms with van der Waals surface area (Å²) in [7, 11) is 0. The van der Waals surface area contributed by atoms with Crippen molar-refractivity contribution >= 4 is 43.3 Å². The van der Waals surface area contributed by atoms with Gasteiger partial charge in [-0.05, 0) is 28.1 Å². The monoisotopic (exact) mass is 257 g/mol. The standard InChI is InChI=1S/C8H4BrNO2S/c9-7-4-3-6(8(11)12)13-5(4)1-2-10-7/h1-3H,(H,11,12). The van der Waals surface area contributed by atoms with Crippen molar-refractivity contribution in [1.82, 2.24) is 4.98 Å². The van der Waals surface area contributed by atoms with Crippen LogP contribution < -0.4 is 0 Å². The van der Waals surface area contributed by atoms with E-state index in [0.717, 1.165) is 10.1 Å². The summed E-state index contributed by atoms with van der Waals surface area (Å²) >= 11 is 4.51. The highest BCUT2D eigenvalue weighted by atomic mass is 79.9. The number of hydrogen-bond acceptors (Lipinski definition) is 3. The van der Waals surface area contributed by atoms with Crippen LogP contribution in [0.3, 0.4) is 0 Å². The number of carboxylic acid groups (broad SMARTS) is 1. The molecular weight excluding hydrogens is 254 g/mol. The summed E-state index contributed by atoms with van der Waals surface area (Å²) in [6, 6.07) is 3.43. The summed E-state index contributed by atoms with van der Waals surface area (Å²) in [5.41, 5.74) is 0. The molecule has 0 fully saturated rings. The Balaban J connectivity index is 2.75. The number of aromatic carboxylic acids is 1. The molecule has 0 aromatic carbocycles. The molecule has 13 heavy (non-hydrogen) atoms. The number of carboxylic acids is 1. The summed E-state index contributed by atoms with van der Waals surface area (Å²) in [4.78, 5) is 15.0. The lowest BCUT2D eigenvalue weighted by Gasteiger charge is -1.88. The third kappa shape index (κ3) is 1.45. The minimum Gasteiger partial charge on any atom is -0.477 e. The molecule has 0 saturated carbocycles. The topological polar surface area (TPSA) is 50.2 Å². The Morgan fingerprint density at radius 2 is 2.38 bits per heavy atom. The molecule has 5 heteroatoms. The van der Waals surface area contributed by atoms with Crippen molar-refractivity contribution < 1.29 is 9.90 Å². The molecule has 0 spiro atoms. The minimum absolute atomic E-state index is 0.337. The predicted molar refractivity (Wildman–Crippen MR) is 54.3 cm³/mol. The summed E-state index contributed by atoms with van der Waals surface area (Å²) in [6.45, 7) is 0. The molecule has 0 radical (unpaired) electrons. The molecule has 0 atom stereocenters. The van der Waals surface area contributed by atoms with Crippen molar-refractivity contribution in [2.75, 3.05) is 0 Å². The molecule has 0 aliphatic rings. The first kappa shape index (κ1) is 8.65. The number of hydrogen-bond donors (Lipinski definition) is 1. The van der Waals surface area contributed by atoms with Crippen LogP contribution in [0.25, 0.3) is 10.1 Å². The molecule has 66 valence electrons. The van der Waals surface area contributed by atoms with Gasteiger partial charge in [-0.2, -0.15) is 0 Å². The van der Waals surface area contributed by atoms with E-state index in [1.165, 1.54) is 11.3 Å². The Morgan fingerprint density at radius 1 is 1.62 bits per heavy atom. The van der Waals surface area contributed by atoms with Crippen LogP contribution in [0.1, 0.15) is 9.67 Å². The molecule has 0 bridgehead atoms. The summed E-state index contributed by atoms with van der Waals surface area (Å²) in [6.07, 6.45) is 1.65. The van der Waals surface area contributed by atoms with E-state index in [1.54, 1.807) is 18.3 Å². The highest BCUT2D eigenvalue weighted by Gasteiger charge is 2.09. The van der Waals surface area contributed by atoms with Crippen molar-refractivity contribution in [3.05, 3.63) is 27.8 Å². The predicted octanol–water partition coefficient (Wildman–Crippen LogP) is 2.76. The number of carbonyl (C=O) groups is 1. The molecule has 2 rings (SSSR count). The van der Waals surface area contributed by atoms with Gasteiger partial charge in [-0.1, -0.05) is 0 Å². The second kappa shape index (κ2) is 3.08. The van der Waals surface area contributed by atoms with Gasteiger partial charge in [-0.15, -0.1) is 11.3 Å². The van der Waals surface area contributed by atoms with E-state index in [4.69, 9.17) is 5.11 Å². The first-order valence-corrected chi connectivity index (χ1v) is 5.07. The lowest BCUT2D eigenvalue weighted by atomic mass is 10.3. The second-order valence-electron chi connectivity index (χ2n) is 2.43. The fourth-order valence-corrected chi connectivity index (χ4v) is 2.51. The highest BCUT2D eigenvalue weighted by molar-refractivity contribution is 9.10. The van der Waals surface area contributed by atoms with Crippen LogP contribution in [0, 0.1) is 0 Å². The lowest BCUT2D eigenvalue weighted by molar-refractivity contribution is 0.0702. The molecule has 0 saturated heterocycles. The molecular formula is C8H4BrNO2S. The van der Waals surface area contributed by atoms with Gasteiger partial charge in [0.2, 0.25) is 0 Å². The first-order chi connectivity index (χ1) is 6.18. The number of aromatic nitrogens is 1. The number of fused-ring (bicyclic) bond motifs is 1. The zero-order valence-corrected chi connectivity index (χ0v) is 8.72. The van der Waals surface area contributed by atoms with Crippen LogP contribution in [-0.2, 0) is 0 Å². The molecule has 0 aliphatic carbocycles. The maximum absolute atomic E-state index is 10.7. The SMILES string of the molecule is O=C(O)c1cc2c(Br)nccc2s1. The quantitative estimate of drug-likeness (QED) is 0.800. The third-order valence-corrected chi connectivity index (χ3v) is 3.33. The number of rotatable bonds is 1. The normalized spacial score (nSPS) is 10.5. The van der Waals surface area contributed by atoms with Crippen LogP contribution in [0.2, 0.25) is 0 Å². The van der Waals surface area contributed by atoms with Crippen LogP contribution >= 0.6 is 27.3 Å². The molecule has 2 aromatic heterocycles. The smallest absolute Gasteiger partial charge is 0.345 e. The fraction of sp³-hybridized carbons (Fsp3) is 0. The van der Waals surface area contributed by atoms with E-state index in [9.17, 15) is 4.79 Å². The number of pyridine rings is 1. The van der Waals surface area contributed by atoms with Gasteiger partial charge in [0, 0.05) is 16.3 Å². The number of nitrogens with zero attached hydrogens (tertiary/aromatic N) is 1. The molecule has 0 unspecified atom stereocenters. The van der Waals surface area contributed by atoms with Gasteiger partial charge >= 0.3 is 5.97 Å². The fourth-order valence-electron chi connectivity index (χ4n) is 1.04. The van der Waals surface area contributed by atoms with E-state index in [2.05, 4.69) is 20.9 Å². The van der Waals surface area contributed by atoms with Crippen molar-refractivity contribution in [2.45, 2.75) is 0 Å². The molecule has 0 aliphatic heterocycles. The van der Waals surface area contributed by atoms with Crippen molar-refractivity contribution in [3.8, 4) is 0 Å². The largest absolute Gasteiger partial charge is 0.477 e. The van der Waals surface area contributed by atoms with Gasteiger partial charge in [0.15, 0.2) is 0 Å². The van der Waals surface area contributed by atoms with Crippen LogP contribution in [-0.4, -0.2) is 16.1 Å². The van der Waals surface area contributed by atoms with Gasteiger partial charge < -0.3 is 5.11 Å². The highest BCUT2D eigenvalue weighted by Crippen LogP contribution is 2.29. The molecule has 1 N–H and O–H groups in total. The van der Waals surface area contributed by atoms with Gasteiger partial charge in [0.25, 0.3) is 0 Å². The molecule has 2 heterocycles. The Morgan fingerprint density at radius 3 is 3.00 bits per heavy atom. The zero-order chi connectivity index (χ0) is 9.42. The van der Waals surface area contributed by atoms with Gasteiger partial charge in [-0.25, -0.2) is 9.78 Å². The van der Waals surface area contributed by atoms with E-state index in [1.807, 2.05) is 0 Å². The minimum atomic E-state index is -0.895. The Bertz CT molecular complexity index is 480. The third-order valence-electron chi connectivity index (χ3n) is 1.61. The van der Waals surface area contributed by atoms with Crippen LogP contribution in [0.4, 0.5) is 0 Å². The van der Waals surface area contributed by atoms with E-state index >= 15 is 0 Å². The Hall–Kier alpha value is -0.940. The number of thiophene rings is 1. The lowest BCUT2D eigenvalue weighted by Crippen LogP contribution is -1.89. The van der Waals surface area contributed by atoms with Crippen molar-refractivity contribution in [2.24, 2.45) is 0 Å². The Kier molecular flexibility index (Phi) is 2.05. The van der Waals surface area contributed by atoms with E-state index in [-0.39, 0.29) is 0 Å². The average Bonchev–Trinajstić information content (AvgIpc) is 2.49. The molecule has 0 amide bonds. The Labute approximate surface area is 86.2 Å². The van der Waals surface area contributed by atoms with Crippen LogP contribution in [0.5, 0.6) is 0 Å². The van der Waals surface area contributed by atoms with Crippen molar-refractivity contribution in [1.29, 1.82) is 0 Å². The van der Waals surface area contributed by atoms with Gasteiger partial charge in [-0.3, -0.25) is 0 Å². The van der Waals surface area contributed by atoms with Crippen LogP contribution in [0.15, 0.2) is 22.9 Å². The number of halogens is 1. The van der Waals surface area contributed by atoms with Crippen molar-refractivity contribution in [3.63, 3.8) is 0 Å². The van der Waals surface area contributed by atoms with E-state index < -0.39 is 5.97 Å². The molecule has 2 aromatic rings. The first-order valence-electron chi connectivity index (χ1n) is 3.46. The maximum atomic E-state index is 10.7. The average molecular weight is 258 g/mol. The maximum Gasteiger partial charge on any atom is 0.345 e. The van der Waals surface area contributed by atoms with Gasteiger partial charge in [0.1, 0.15) is 9.48 Å². The molecule has 3 nitrogen and oxygen atoms in total. The van der Waals surface area contributed by atoms with Gasteiger partial charge in [0.05, 0.1) is 0 Å². The zero-order valence-electron chi connectivity index (χ0n) is 6.32. The summed E-state index contributed by atoms with van der Waals surface area (Å²) in [5, 5.41) is 9.60. The summed E-state index contributed by atoms with van der Waals surface area (Å²) in [5.74, 6) is -0.895. The second-order valence-corrected chi connectivity index (χ2v) is 4.26. The summed E-state index contributed by atoms with van der Waals surface area (Å²) < 4.78 is 1.62. The van der Waals surface area contributed by atoms with E-state index in [0.29, 0.717) is 9.48 Å².